The predicted molar refractivity (Wildman–Crippen MR) is 84.6 cm³/mol. The third-order valence-corrected chi connectivity index (χ3v) is 5.75. The van der Waals surface area contributed by atoms with Crippen molar-refractivity contribution in [3.8, 4) is 0 Å². The number of carbonyl (C=O) groups excluding carboxylic acids is 1. The molecule has 0 heterocycles. The largest absolute Gasteiger partial charge is 0.501 e. The summed E-state index contributed by atoms with van der Waals surface area (Å²) in [5.41, 5.74) is 1.29. The third kappa shape index (κ3) is 9.80. The number of carbonyl (C=O) groups is 1. The monoisotopic (exact) mass is 321 g/mol. The minimum atomic E-state index is -2.83. The van der Waals surface area contributed by atoms with E-state index in [1.165, 1.54) is 0 Å². The Morgan fingerprint density at radius 2 is 1.57 bits per heavy atom. The number of urea groups is 1. The highest BCUT2D eigenvalue weighted by atomic mass is 28.4. The molecule has 0 atom stereocenters. The Morgan fingerprint density at radius 3 is 1.90 bits per heavy atom. The molecule has 0 aliphatic carbocycles. The molecule has 2 amide bonds. The van der Waals surface area contributed by atoms with E-state index in [9.17, 15) is 4.79 Å². The summed E-state index contributed by atoms with van der Waals surface area (Å²) >= 11 is 0. The third-order valence-electron chi connectivity index (χ3n) is 2.31. The number of hydrogen-bond donors (Lipinski definition) is 3. The SMILES string of the molecule is CO[Si](CCCNC(=O)NN)(OC(C)(C)C)OC(C)(C)C. The second-order valence-electron chi connectivity index (χ2n) is 6.82. The lowest BCUT2D eigenvalue weighted by Crippen LogP contribution is -2.53. The van der Waals surface area contributed by atoms with Crippen molar-refractivity contribution in [2.45, 2.75) is 65.2 Å². The summed E-state index contributed by atoms with van der Waals surface area (Å²) in [6.07, 6.45) is 0.680. The molecule has 0 aromatic rings. The number of hydrazine groups is 1. The maximum absolute atomic E-state index is 11.0. The fourth-order valence-corrected chi connectivity index (χ4v) is 4.89. The van der Waals surface area contributed by atoms with Gasteiger partial charge in [-0.2, -0.15) is 0 Å². The quantitative estimate of drug-likeness (QED) is 0.218. The molecule has 0 radical (unpaired) electrons. The van der Waals surface area contributed by atoms with Crippen LogP contribution >= 0.6 is 0 Å². The van der Waals surface area contributed by atoms with Gasteiger partial charge in [0.25, 0.3) is 0 Å². The molecule has 0 spiro atoms. The van der Waals surface area contributed by atoms with Gasteiger partial charge < -0.3 is 18.6 Å². The van der Waals surface area contributed by atoms with Crippen LogP contribution < -0.4 is 16.6 Å². The van der Waals surface area contributed by atoms with E-state index in [2.05, 4.69) is 5.32 Å². The van der Waals surface area contributed by atoms with E-state index in [1.54, 1.807) is 7.11 Å². The van der Waals surface area contributed by atoms with Crippen molar-refractivity contribution in [1.29, 1.82) is 0 Å². The summed E-state index contributed by atoms with van der Waals surface area (Å²) in [5, 5.41) is 2.64. The van der Waals surface area contributed by atoms with E-state index < -0.39 is 14.8 Å². The van der Waals surface area contributed by atoms with E-state index in [-0.39, 0.29) is 11.2 Å². The summed E-state index contributed by atoms with van der Waals surface area (Å²) in [4.78, 5) is 11.0. The van der Waals surface area contributed by atoms with Gasteiger partial charge in [0.15, 0.2) is 0 Å². The Hall–Kier alpha value is -0.673. The molecule has 21 heavy (non-hydrogen) atoms. The number of rotatable bonds is 7. The summed E-state index contributed by atoms with van der Waals surface area (Å²) in [6, 6.07) is 0.205. The van der Waals surface area contributed by atoms with Crippen molar-refractivity contribution < 1.29 is 18.1 Å². The van der Waals surface area contributed by atoms with Crippen LogP contribution in [0.5, 0.6) is 0 Å². The minimum Gasteiger partial charge on any atom is -0.377 e. The molecule has 0 unspecified atom stereocenters. The van der Waals surface area contributed by atoms with Crippen molar-refractivity contribution in [2.75, 3.05) is 13.7 Å². The maximum Gasteiger partial charge on any atom is 0.501 e. The minimum absolute atomic E-state index is 0.366. The summed E-state index contributed by atoms with van der Waals surface area (Å²) in [7, 11) is -1.21. The Morgan fingerprint density at radius 1 is 1.10 bits per heavy atom. The van der Waals surface area contributed by atoms with E-state index >= 15 is 0 Å². The molecular formula is C13H31N3O4Si. The zero-order valence-corrected chi connectivity index (χ0v) is 15.3. The van der Waals surface area contributed by atoms with Gasteiger partial charge in [-0.3, -0.25) is 5.43 Å². The Balaban J connectivity index is 4.74. The van der Waals surface area contributed by atoms with Crippen molar-refractivity contribution in [2.24, 2.45) is 5.84 Å². The Bertz CT molecular complexity index is 310. The Labute approximate surface area is 129 Å². The highest BCUT2D eigenvalue weighted by molar-refractivity contribution is 6.60. The summed E-state index contributed by atoms with van der Waals surface area (Å²) in [5.74, 6) is 5.01. The lowest BCUT2D eigenvalue weighted by Gasteiger charge is -2.39. The van der Waals surface area contributed by atoms with E-state index in [4.69, 9.17) is 19.1 Å². The van der Waals surface area contributed by atoms with Crippen molar-refractivity contribution in [3.05, 3.63) is 0 Å². The lowest BCUT2D eigenvalue weighted by atomic mass is 10.2. The van der Waals surface area contributed by atoms with Gasteiger partial charge in [-0.1, -0.05) is 0 Å². The first-order valence-corrected chi connectivity index (χ1v) is 9.06. The van der Waals surface area contributed by atoms with Crippen molar-refractivity contribution in [3.63, 3.8) is 0 Å². The van der Waals surface area contributed by atoms with Gasteiger partial charge in [-0.05, 0) is 48.0 Å². The first kappa shape index (κ1) is 20.3. The lowest BCUT2D eigenvalue weighted by molar-refractivity contribution is -0.0365. The summed E-state index contributed by atoms with van der Waals surface area (Å²) < 4.78 is 17.9. The van der Waals surface area contributed by atoms with Crippen LogP contribution in [-0.2, 0) is 13.3 Å². The molecule has 0 saturated carbocycles. The molecule has 7 nitrogen and oxygen atoms in total. The molecular weight excluding hydrogens is 290 g/mol. The van der Waals surface area contributed by atoms with Crippen molar-refractivity contribution >= 4 is 14.8 Å². The van der Waals surface area contributed by atoms with Gasteiger partial charge in [-0.15, -0.1) is 0 Å². The van der Waals surface area contributed by atoms with Crippen LogP contribution in [-0.4, -0.2) is 39.7 Å². The summed E-state index contributed by atoms with van der Waals surface area (Å²) in [6.45, 7) is 12.3. The number of amides is 2. The number of hydrogen-bond acceptors (Lipinski definition) is 5. The number of nitrogens with one attached hydrogen (secondary N) is 2. The van der Waals surface area contributed by atoms with Crippen LogP contribution in [0, 0.1) is 0 Å². The van der Waals surface area contributed by atoms with Gasteiger partial charge in [0.05, 0.1) is 11.2 Å². The first-order valence-electron chi connectivity index (χ1n) is 7.13. The standard InChI is InChI=1S/C13H31N3O4Si/c1-12(2,3)19-21(18-7,20-13(4,5)6)10-8-9-15-11(17)16-14/h8-10,14H2,1-7H3,(H2,15,16,17). The van der Waals surface area contributed by atoms with Crippen LogP contribution in [0.1, 0.15) is 48.0 Å². The molecule has 0 saturated heterocycles. The second-order valence-corrected chi connectivity index (χ2v) is 9.50. The van der Waals surface area contributed by atoms with E-state index in [0.29, 0.717) is 19.0 Å². The Kier molecular flexibility index (Phi) is 7.83. The zero-order valence-electron chi connectivity index (χ0n) is 14.3. The van der Waals surface area contributed by atoms with Crippen LogP contribution in [0.25, 0.3) is 0 Å². The molecule has 0 fully saturated rings. The average molecular weight is 321 g/mol. The molecule has 0 bridgehead atoms. The van der Waals surface area contributed by atoms with E-state index in [1.807, 2.05) is 47.0 Å². The van der Waals surface area contributed by atoms with E-state index in [0.717, 1.165) is 0 Å². The average Bonchev–Trinajstić information content (AvgIpc) is 2.30. The van der Waals surface area contributed by atoms with Crippen LogP contribution in [0.15, 0.2) is 0 Å². The molecule has 0 aliphatic rings. The fourth-order valence-electron chi connectivity index (χ4n) is 1.80. The zero-order chi connectivity index (χ0) is 16.7. The van der Waals surface area contributed by atoms with Gasteiger partial charge in [0.2, 0.25) is 0 Å². The molecule has 0 aromatic carbocycles. The molecule has 4 N–H and O–H groups in total. The van der Waals surface area contributed by atoms with Crippen LogP contribution in [0.2, 0.25) is 6.04 Å². The first-order chi connectivity index (χ1) is 9.43. The molecule has 0 aliphatic heterocycles. The van der Waals surface area contributed by atoms with Gasteiger partial charge in [0.1, 0.15) is 0 Å². The smallest absolute Gasteiger partial charge is 0.377 e. The highest BCUT2D eigenvalue weighted by Gasteiger charge is 2.46. The fraction of sp³-hybridized carbons (Fsp3) is 0.923. The van der Waals surface area contributed by atoms with Gasteiger partial charge in [-0.25, -0.2) is 10.6 Å². The van der Waals surface area contributed by atoms with Crippen molar-refractivity contribution in [1.82, 2.24) is 10.7 Å². The topological polar surface area (TPSA) is 94.8 Å². The maximum atomic E-state index is 11.0. The molecule has 8 heteroatoms. The van der Waals surface area contributed by atoms with Crippen LogP contribution in [0.4, 0.5) is 4.79 Å². The van der Waals surface area contributed by atoms with Gasteiger partial charge >= 0.3 is 14.8 Å². The number of nitrogens with two attached hydrogens (primary N) is 1. The highest BCUT2D eigenvalue weighted by Crippen LogP contribution is 2.28. The second kappa shape index (κ2) is 8.09. The van der Waals surface area contributed by atoms with Gasteiger partial charge in [0, 0.05) is 19.7 Å². The normalized spacial score (nSPS) is 13.1. The predicted octanol–water partition coefficient (Wildman–Crippen LogP) is 1.76. The van der Waals surface area contributed by atoms with Crippen LogP contribution in [0.3, 0.4) is 0 Å². The molecule has 0 aromatic heterocycles. The molecule has 126 valence electrons. The molecule has 0 rings (SSSR count).